The number of para-hydroxylation sites is 1. The number of nitrogens with two attached hydrogens (primary N) is 1. The van der Waals surface area contributed by atoms with Gasteiger partial charge in [0.25, 0.3) is 0 Å². The smallest absolute Gasteiger partial charge is 0.167 e. The van der Waals surface area contributed by atoms with Gasteiger partial charge in [-0.2, -0.15) is 0 Å². The van der Waals surface area contributed by atoms with Crippen molar-refractivity contribution in [3.8, 4) is 5.75 Å². The number of likely N-dealkylation sites (tertiary alicyclic amines) is 1. The maximum atomic E-state index is 12.0. The summed E-state index contributed by atoms with van der Waals surface area (Å²) < 4.78 is 6.01. The molecule has 0 aliphatic carbocycles. The fraction of sp³-hybridized carbons (Fsp3) is 0.533. The molecule has 4 heteroatoms. The van der Waals surface area contributed by atoms with Crippen LogP contribution in [0.2, 0.25) is 0 Å². The first kappa shape index (κ1) is 14.0. The molecule has 1 saturated heterocycles. The second-order valence-electron chi connectivity index (χ2n) is 5.08. The van der Waals surface area contributed by atoms with Crippen molar-refractivity contribution in [2.45, 2.75) is 25.4 Å². The zero-order chi connectivity index (χ0) is 13.7. The molecule has 1 aromatic carbocycles. The molecule has 104 valence electrons. The lowest BCUT2D eigenvalue weighted by atomic mass is 10.1. The molecule has 0 bridgehead atoms. The SMILES string of the molecule is CN1CCC(Oc2ccccc2C(=O)CCN)CC1. The minimum atomic E-state index is 0.0611. The van der Waals surface area contributed by atoms with E-state index in [9.17, 15) is 4.79 Å². The first-order valence-electron chi connectivity index (χ1n) is 6.88. The van der Waals surface area contributed by atoms with Gasteiger partial charge in [-0.25, -0.2) is 0 Å². The zero-order valence-electron chi connectivity index (χ0n) is 11.5. The lowest BCUT2D eigenvalue weighted by Crippen LogP contribution is -2.35. The molecule has 0 saturated carbocycles. The Morgan fingerprint density at radius 2 is 2.05 bits per heavy atom. The molecule has 0 amide bonds. The Hall–Kier alpha value is -1.39. The standard InChI is InChI=1S/C15H22N2O2/c1-17-10-7-12(8-11-17)19-15-5-3-2-4-13(15)14(18)6-9-16/h2-5,12H,6-11,16H2,1H3. The van der Waals surface area contributed by atoms with Crippen molar-refractivity contribution in [2.24, 2.45) is 5.73 Å². The minimum Gasteiger partial charge on any atom is -0.490 e. The van der Waals surface area contributed by atoms with Crippen LogP contribution in [0.15, 0.2) is 24.3 Å². The van der Waals surface area contributed by atoms with E-state index in [1.54, 1.807) is 0 Å². The monoisotopic (exact) mass is 262 g/mol. The summed E-state index contributed by atoms with van der Waals surface area (Å²) in [5.41, 5.74) is 6.11. The first-order valence-corrected chi connectivity index (χ1v) is 6.88. The number of ether oxygens (including phenoxy) is 1. The maximum absolute atomic E-state index is 12.0. The number of Topliss-reactive ketones (excluding diaryl/α,β-unsaturated/α-hetero) is 1. The van der Waals surface area contributed by atoms with Crippen LogP contribution in [-0.4, -0.2) is 43.5 Å². The Morgan fingerprint density at radius 3 is 2.74 bits per heavy atom. The first-order chi connectivity index (χ1) is 9.20. The van der Waals surface area contributed by atoms with Crippen LogP contribution < -0.4 is 10.5 Å². The summed E-state index contributed by atoms with van der Waals surface area (Å²) >= 11 is 0. The van der Waals surface area contributed by atoms with E-state index in [-0.39, 0.29) is 11.9 Å². The van der Waals surface area contributed by atoms with Crippen LogP contribution >= 0.6 is 0 Å². The van der Waals surface area contributed by atoms with E-state index in [2.05, 4.69) is 11.9 Å². The van der Waals surface area contributed by atoms with Gasteiger partial charge in [0.15, 0.2) is 5.78 Å². The highest BCUT2D eigenvalue weighted by molar-refractivity contribution is 5.98. The van der Waals surface area contributed by atoms with Crippen LogP contribution in [0.1, 0.15) is 29.6 Å². The average Bonchev–Trinajstić information content (AvgIpc) is 2.42. The van der Waals surface area contributed by atoms with Gasteiger partial charge in [-0.15, -0.1) is 0 Å². The molecule has 0 atom stereocenters. The predicted molar refractivity (Wildman–Crippen MR) is 75.6 cm³/mol. The topological polar surface area (TPSA) is 55.6 Å². The predicted octanol–water partition coefficient (Wildman–Crippen LogP) is 1.69. The number of hydrogen-bond donors (Lipinski definition) is 1. The molecule has 4 nitrogen and oxygen atoms in total. The summed E-state index contributed by atoms with van der Waals surface area (Å²) in [5, 5.41) is 0. The highest BCUT2D eigenvalue weighted by Gasteiger charge is 2.20. The summed E-state index contributed by atoms with van der Waals surface area (Å²) in [6.07, 6.45) is 2.60. The second kappa shape index (κ2) is 6.68. The Morgan fingerprint density at radius 1 is 1.37 bits per heavy atom. The van der Waals surface area contributed by atoms with Gasteiger partial charge in [-0.05, 0) is 38.6 Å². The number of hydrogen-bond acceptors (Lipinski definition) is 4. The van der Waals surface area contributed by atoms with Crippen LogP contribution in [0.3, 0.4) is 0 Å². The number of ketones is 1. The van der Waals surface area contributed by atoms with Gasteiger partial charge in [0.1, 0.15) is 11.9 Å². The van der Waals surface area contributed by atoms with Gasteiger partial charge in [0.2, 0.25) is 0 Å². The van der Waals surface area contributed by atoms with E-state index in [1.807, 2.05) is 24.3 Å². The fourth-order valence-corrected chi connectivity index (χ4v) is 2.35. The molecule has 1 aliphatic rings. The largest absolute Gasteiger partial charge is 0.490 e. The van der Waals surface area contributed by atoms with Crippen LogP contribution in [0.5, 0.6) is 5.75 Å². The van der Waals surface area contributed by atoms with E-state index in [0.29, 0.717) is 24.3 Å². The lowest BCUT2D eigenvalue weighted by molar-refractivity contribution is 0.0956. The number of nitrogens with zero attached hydrogens (tertiary/aromatic N) is 1. The van der Waals surface area contributed by atoms with Gasteiger partial charge in [0, 0.05) is 19.5 Å². The zero-order valence-corrected chi connectivity index (χ0v) is 11.5. The van der Waals surface area contributed by atoms with Crippen LogP contribution in [-0.2, 0) is 0 Å². The molecule has 2 rings (SSSR count). The van der Waals surface area contributed by atoms with Gasteiger partial charge >= 0.3 is 0 Å². The van der Waals surface area contributed by atoms with Crippen LogP contribution in [0.4, 0.5) is 0 Å². The molecular weight excluding hydrogens is 240 g/mol. The highest BCUT2D eigenvalue weighted by Crippen LogP contribution is 2.23. The normalized spacial score (nSPS) is 17.4. The van der Waals surface area contributed by atoms with E-state index in [1.165, 1.54) is 0 Å². The third kappa shape index (κ3) is 3.78. The molecule has 0 radical (unpaired) electrons. The molecule has 1 fully saturated rings. The van der Waals surface area contributed by atoms with Crippen molar-refractivity contribution >= 4 is 5.78 Å². The quantitative estimate of drug-likeness (QED) is 0.820. The number of carbonyl (C=O) groups excluding carboxylic acids is 1. The summed E-state index contributed by atoms with van der Waals surface area (Å²) in [6.45, 7) is 2.47. The molecular formula is C15H22N2O2. The summed E-state index contributed by atoms with van der Waals surface area (Å²) in [5.74, 6) is 0.765. The summed E-state index contributed by atoms with van der Waals surface area (Å²) in [4.78, 5) is 14.3. The lowest BCUT2D eigenvalue weighted by Gasteiger charge is -2.29. The van der Waals surface area contributed by atoms with Crippen molar-refractivity contribution in [2.75, 3.05) is 26.7 Å². The molecule has 1 aliphatic heterocycles. The Labute approximate surface area is 114 Å². The van der Waals surface area contributed by atoms with Gasteiger partial charge in [-0.3, -0.25) is 4.79 Å². The summed E-state index contributed by atoms with van der Waals surface area (Å²) in [6, 6.07) is 7.47. The Kier molecular flexibility index (Phi) is 4.93. The van der Waals surface area contributed by atoms with Crippen LogP contribution in [0, 0.1) is 0 Å². The van der Waals surface area contributed by atoms with E-state index in [4.69, 9.17) is 10.5 Å². The van der Waals surface area contributed by atoms with E-state index in [0.717, 1.165) is 25.9 Å². The van der Waals surface area contributed by atoms with Crippen molar-refractivity contribution < 1.29 is 9.53 Å². The molecule has 1 aromatic rings. The number of rotatable bonds is 5. The molecule has 2 N–H and O–H groups in total. The Balaban J connectivity index is 2.05. The number of piperidine rings is 1. The van der Waals surface area contributed by atoms with Crippen molar-refractivity contribution in [3.63, 3.8) is 0 Å². The third-order valence-corrected chi connectivity index (χ3v) is 3.52. The fourth-order valence-electron chi connectivity index (χ4n) is 2.35. The van der Waals surface area contributed by atoms with Crippen molar-refractivity contribution in [3.05, 3.63) is 29.8 Å². The number of benzene rings is 1. The molecule has 0 aromatic heterocycles. The highest BCUT2D eigenvalue weighted by atomic mass is 16.5. The molecule has 19 heavy (non-hydrogen) atoms. The average molecular weight is 262 g/mol. The van der Waals surface area contributed by atoms with Crippen molar-refractivity contribution in [1.82, 2.24) is 4.90 Å². The minimum absolute atomic E-state index is 0.0611. The number of carbonyl (C=O) groups is 1. The van der Waals surface area contributed by atoms with Gasteiger partial charge in [0.05, 0.1) is 5.56 Å². The van der Waals surface area contributed by atoms with Crippen molar-refractivity contribution in [1.29, 1.82) is 0 Å². The summed E-state index contributed by atoms with van der Waals surface area (Å²) in [7, 11) is 2.12. The van der Waals surface area contributed by atoms with Crippen LogP contribution in [0.25, 0.3) is 0 Å². The van der Waals surface area contributed by atoms with Gasteiger partial charge in [-0.1, -0.05) is 12.1 Å². The maximum Gasteiger partial charge on any atom is 0.167 e. The Bertz CT molecular complexity index is 426. The second-order valence-corrected chi connectivity index (χ2v) is 5.08. The van der Waals surface area contributed by atoms with E-state index >= 15 is 0 Å². The molecule has 0 spiro atoms. The molecule has 0 unspecified atom stereocenters. The third-order valence-electron chi connectivity index (χ3n) is 3.52. The van der Waals surface area contributed by atoms with Gasteiger partial charge < -0.3 is 15.4 Å². The van der Waals surface area contributed by atoms with E-state index < -0.39 is 0 Å². The molecule has 1 heterocycles.